The summed E-state index contributed by atoms with van der Waals surface area (Å²) in [4.78, 5) is 0. The Balaban J connectivity index is 1.89. The predicted octanol–water partition coefficient (Wildman–Crippen LogP) is 5.67. The first kappa shape index (κ1) is 18.8. The first-order valence-corrected chi connectivity index (χ1v) is 10.1. The molecule has 1 aromatic heterocycles. The molecule has 0 amide bonds. The molecule has 1 heterocycles. The Morgan fingerprint density at radius 1 is 1.00 bits per heavy atom. The van der Waals surface area contributed by atoms with Crippen LogP contribution >= 0.6 is 22.9 Å². The quantitative estimate of drug-likeness (QED) is 0.451. The summed E-state index contributed by atoms with van der Waals surface area (Å²) in [5, 5.41) is 15.8. The Hall–Kier alpha value is -1.59. The van der Waals surface area contributed by atoms with E-state index in [0.29, 0.717) is 5.02 Å². The van der Waals surface area contributed by atoms with E-state index in [1.54, 1.807) is 32.7 Å². The van der Waals surface area contributed by atoms with Gasteiger partial charge in [0.2, 0.25) is 0 Å². The average molecular weight is 396 g/mol. The number of aliphatic hydroxyl groups is 1. The highest BCUT2D eigenvalue weighted by Crippen LogP contribution is 2.38. The largest absolute Gasteiger partial charge is 0.427 e. The molecule has 0 saturated carbocycles. The maximum atomic E-state index is 10.4. The Kier molecular flexibility index (Phi) is 4.51. The van der Waals surface area contributed by atoms with Crippen molar-refractivity contribution in [2.75, 3.05) is 0 Å². The van der Waals surface area contributed by atoms with Crippen molar-refractivity contribution in [3.8, 4) is 0 Å². The standard InChI is InChI=1S/C22H21BClO2S/c1-21(2,25)22(3,4)26-23-17-12-14(24)11-16-19-15-8-6-5-7-13(15)9-10-18(19)27-20(16)17/h5-12,25H,1-4H3. The van der Waals surface area contributed by atoms with Crippen LogP contribution in [0.15, 0.2) is 48.5 Å². The van der Waals surface area contributed by atoms with Crippen molar-refractivity contribution >= 4 is 66.8 Å². The van der Waals surface area contributed by atoms with Crippen LogP contribution in [0.4, 0.5) is 0 Å². The highest BCUT2D eigenvalue weighted by Gasteiger charge is 2.36. The Labute approximate surface area is 169 Å². The third-order valence-corrected chi connectivity index (χ3v) is 6.85. The van der Waals surface area contributed by atoms with Crippen molar-refractivity contribution in [3.63, 3.8) is 0 Å². The normalized spacial score (nSPS) is 13.0. The van der Waals surface area contributed by atoms with Gasteiger partial charge in [-0.1, -0.05) is 41.9 Å². The smallest absolute Gasteiger partial charge is 0.332 e. The molecule has 0 aliphatic heterocycles. The zero-order valence-corrected chi connectivity index (χ0v) is 17.4. The van der Waals surface area contributed by atoms with E-state index < -0.39 is 11.2 Å². The summed E-state index contributed by atoms with van der Waals surface area (Å²) in [6.45, 7) is 7.26. The van der Waals surface area contributed by atoms with Gasteiger partial charge in [0, 0.05) is 25.2 Å². The van der Waals surface area contributed by atoms with Gasteiger partial charge in [-0.05, 0) is 62.1 Å². The minimum absolute atomic E-state index is 0.672. The van der Waals surface area contributed by atoms with Crippen molar-refractivity contribution in [1.82, 2.24) is 0 Å². The maximum absolute atomic E-state index is 10.4. The molecule has 4 aromatic rings. The minimum atomic E-state index is -0.975. The average Bonchev–Trinajstić information content (AvgIpc) is 2.97. The zero-order valence-electron chi connectivity index (χ0n) is 15.8. The summed E-state index contributed by atoms with van der Waals surface area (Å²) in [6.07, 6.45) is 0. The van der Waals surface area contributed by atoms with Crippen LogP contribution in [0.5, 0.6) is 0 Å². The molecule has 0 aliphatic carbocycles. The summed E-state index contributed by atoms with van der Waals surface area (Å²) >= 11 is 8.19. The number of halogens is 1. The fraction of sp³-hybridized carbons (Fsp3) is 0.273. The van der Waals surface area contributed by atoms with Crippen LogP contribution in [0.2, 0.25) is 5.02 Å². The Morgan fingerprint density at radius 3 is 2.48 bits per heavy atom. The second-order valence-corrected chi connectivity index (χ2v) is 9.43. The number of hydrogen-bond acceptors (Lipinski definition) is 3. The SMILES string of the molecule is CC(C)(O)C(C)(C)O[B]c1cc(Cl)cc2c1sc1ccc3ccccc3c12. The van der Waals surface area contributed by atoms with Gasteiger partial charge in [-0.25, -0.2) is 0 Å². The summed E-state index contributed by atoms with van der Waals surface area (Å²) in [5.41, 5.74) is -0.775. The molecule has 0 spiro atoms. The van der Waals surface area contributed by atoms with Crippen molar-refractivity contribution in [2.45, 2.75) is 38.9 Å². The number of rotatable bonds is 4. The van der Waals surface area contributed by atoms with Crippen molar-refractivity contribution in [1.29, 1.82) is 0 Å². The molecular weight excluding hydrogens is 375 g/mol. The van der Waals surface area contributed by atoms with Crippen LogP contribution in [-0.2, 0) is 4.65 Å². The molecule has 0 bridgehead atoms. The van der Waals surface area contributed by atoms with E-state index in [1.807, 2.05) is 26.0 Å². The lowest BCUT2D eigenvalue weighted by atomic mass is 9.82. The number of thiophene rings is 1. The Morgan fingerprint density at radius 2 is 1.74 bits per heavy atom. The molecule has 0 unspecified atom stereocenters. The van der Waals surface area contributed by atoms with E-state index >= 15 is 0 Å². The predicted molar refractivity (Wildman–Crippen MR) is 119 cm³/mol. The summed E-state index contributed by atoms with van der Waals surface area (Å²) in [7, 11) is 1.73. The molecule has 0 atom stereocenters. The van der Waals surface area contributed by atoms with Crippen LogP contribution in [0, 0.1) is 0 Å². The van der Waals surface area contributed by atoms with Crippen molar-refractivity contribution in [2.24, 2.45) is 0 Å². The molecule has 3 aromatic carbocycles. The van der Waals surface area contributed by atoms with Gasteiger partial charge in [-0.15, -0.1) is 11.3 Å². The van der Waals surface area contributed by atoms with Gasteiger partial charge in [0.15, 0.2) is 0 Å². The van der Waals surface area contributed by atoms with Crippen LogP contribution in [0.3, 0.4) is 0 Å². The summed E-state index contributed by atoms with van der Waals surface area (Å²) < 4.78 is 8.36. The lowest BCUT2D eigenvalue weighted by molar-refractivity contribution is -0.0893. The molecule has 4 rings (SSSR count). The van der Waals surface area contributed by atoms with E-state index in [4.69, 9.17) is 16.3 Å². The maximum Gasteiger partial charge on any atom is 0.332 e. The second kappa shape index (κ2) is 6.49. The molecule has 0 aliphatic rings. The van der Waals surface area contributed by atoms with E-state index in [2.05, 4.69) is 36.4 Å². The van der Waals surface area contributed by atoms with Gasteiger partial charge < -0.3 is 9.76 Å². The van der Waals surface area contributed by atoms with Crippen LogP contribution in [0.25, 0.3) is 30.9 Å². The van der Waals surface area contributed by atoms with Gasteiger partial charge in [0.05, 0.1) is 11.2 Å². The second-order valence-electron chi connectivity index (χ2n) is 7.94. The third-order valence-electron chi connectivity index (χ3n) is 5.41. The van der Waals surface area contributed by atoms with E-state index in [-0.39, 0.29) is 0 Å². The van der Waals surface area contributed by atoms with Crippen LogP contribution < -0.4 is 5.46 Å². The molecule has 0 fully saturated rings. The lowest BCUT2D eigenvalue weighted by Gasteiger charge is -2.37. The Bertz CT molecular complexity index is 1160. The fourth-order valence-electron chi connectivity index (χ4n) is 3.08. The lowest BCUT2D eigenvalue weighted by Crippen LogP contribution is -2.49. The van der Waals surface area contributed by atoms with Gasteiger partial charge >= 0.3 is 7.48 Å². The molecule has 1 radical (unpaired) electrons. The number of benzene rings is 3. The van der Waals surface area contributed by atoms with E-state index in [0.717, 1.165) is 15.5 Å². The zero-order chi connectivity index (χ0) is 19.4. The first-order chi connectivity index (χ1) is 12.7. The molecule has 1 N–H and O–H groups in total. The monoisotopic (exact) mass is 395 g/mol. The molecule has 5 heteroatoms. The molecule has 2 nitrogen and oxygen atoms in total. The van der Waals surface area contributed by atoms with Gasteiger partial charge in [-0.2, -0.15) is 0 Å². The number of fused-ring (bicyclic) bond motifs is 5. The summed E-state index contributed by atoms with van der Waals surface area (Å²) in [6, 6.07) is 16.7. The molecule has 137 valence electrons. The molecular formula is C22H21BClO2S. The molecule has 27 heavy (non-hydrogen) atoms. The highest BCUT2D eigenvalue weighted by atomic mass is 35.5. The molecule has 0 saturated heterocycles. The van der Waals surface area contributed by atoms with Gasteiger partial charge in [-0.3, -0.25) is 0 Å². The van der Waals surface area contributed by atoms with Crippen molar-refractivity contribution < 1.29 is 9.76 Å². The van der Waals surface area contributed by atoms with Crippen molar-refractivity contribution in [3.05, 3.63) is 53.6 Å². The summed E-state index contributed by atoms with van der Waals surface area (Å²) in [5.74, 6) is 0. The van der Waals surface area contributed by atoms with Gasteiger partial charge in [0.1, 0.15) is 0 Å². The van der Waals surface area contributed by atoms with E-state index in [9.17, 15) is 5.11 Å². The topological polar surface area (TPSA) is 29.5 Å². The third kappa shape index (κ3) is 3.25. The first-order valence-electron chi connectivity index (χ1n) is 8.94. The van der Waals surface area contributed by atoms with Crippen LogP contribution in [0.1, 0.15) is 27.7 Å². The highest BCUT2D eigenvalue weighted by molar-refractivity contribution is 7.27. The van der Waals surface area contributed by atoms with Crippen LogP contribution in [-0.4, -0.2) is 23.8 Å². The minimum Gasteiger partial charge on any atom is -0.427 e. The number of hydrogen-bond donors (Lipinski definition) is 1. The van der Waals surface area contributed by atoms with Gasteiger partial charge in [0.25, 0.3) is 0 Å². The van der Waals surface area contributed by atoms with E-state index in [1.165, 1.54) is 20.9 Å². The fourth-order valence-corrected chi connectivity index (χ4v) is 4.48.